The van der Waals surface area contributed by atoms with E-state index in [0.29, 0.717) is 6.42 Å². The summed E-state index contributed by atoms with van der Waals surface area (Å²) < 4.78 is 38.3. The first-order valence-corrected chi connectivity index (χ1v) is 6.32. The minimum absolute atomic E-state index is 0.0514. The molecule has 1 fully saturated rings. The molecule has 0 aromatic heterocycles. The van der Waals surface area contributed by atoms with Crippen molar-refractivity contribution in [3.8, 4) is 0 Å². The van der Waals surface area contributed by atoms with Gasteiger partial charge in [-0.1, -0.05) is 0 Å². The van der Waals surface area contributed by atoms with Gasteiger partial charge < -0.3 is 0 Å². The van der Waals surface area contributed by atoms with E-state index in [9.17, 15) is 22.8 Å². The predicted molar refractivity (Wildman–Crippen MR) is 65.5 cm³/mol. The summed E-state index contributed by atoms with van der Waals surface area (Å²) in [7, 11) is 0. The van der Waals surface area contributed by atoms with Crippen LogP contribution in [-0.4, -0.2) is 11.8 Å². The molecule has 0 aliphatic carbocycles. The molecule has 2 rings (SSSR count). The molecule has 0 spiro atoms. The molecule has 7 heteroatoms. The van der Waals surface area contributed by atoms with Crippen molar-refractivity contribution in [2.75, 3.05) is 4.90 Å². The van der Waals surface area contributed by atoms with E-state index in [-0.39, 0.29) is 23.0 Å². The number of imide groups is 1. The third-order valence-corrected chi connectivity index (χ3v) is 3.47. The fourth-order valence-corrected chi connectivity index (χ4v) is 2.31. The second-order valence-electron chi connectivity index (χ2n) is 4.14. The van der Waals surface area contributed by atoms with Crippen LogP contribution in [0.25, 0.3) is 0 Å². The van der Waals surface area contributed by atoms with E-state index in [4.69, 9.17) is 0 Å². The Balaban J connectivity index is 2.49. The van der Waals surface area contributed by atoms with E-state index < -0.39 is 23.6 Å². The van der Waals surface area contributed by atoms with E-state index in [0.717, 1.165) is 17.0 Å². The van der Waals surface area contributed by atoms with Crippen LogP contribution >= 0.6 is 15.9 Å². The molecule has 1 heterocycles. The highest BCUT2D eigenvalue weighted by Gasteiger charge is 2.34. The maximum atomic E-state index is 12.7. The van der Waals surface area contributed by atoms with Gasteiger partial charge >= 0.3 is 6.18 Å². The normalized spacial score (nSPS) is 16.9. The predicted octanol–water partition coefficient (Wildman–Crippen LogP) is 3.51. The lowest BCUT2D eigenvalue weighted by molar-refractivity contribution is -0.138. The van der Waals surface area contributed by atoms with Crippen molar-refractivity contribution in [2.24, 2.45) is 0 Å². The molecule has 1 aromatic rings. The monoisotopic (exact) mass is 335 g/mol. The third-order valence-electron chi connectivity index (χ3n) is 2.79. The highest BCUT2D eigenvalue weighted by Crippen LogP contribution is 2.36. The quantitative estimate of drug-likeness (QED) is 0.736. The number of benzene rings is 1. The van der Waals surface area contributed by atoms with Crippen molar-refractivity contribution in [3.63, 3.8) is 0 Å². The Morgan fingerprint density at radius 2 is 1.68 bits per heavy atom. The Morgan fingerprint density at radius 1 is 1.11 bits per heavy atom. The summed E-state index contributed by atoms with van der Waals surface area (Å²) >= 11 is 3.07. The summed E-state index contributed by atoms with van der Waals surface area (Å²) in [5, 5.41) is 0. The lowest BCUT2D eigenvalue weighted by atomic mass is 10.1. The lowest BCUT2D eigenvalue weighted by Gasteiger charge is -2.26. The lowest BCUT2D eigenvalue weighted by Crippen LogP contribution is -2.40. The Bertz CT molecular complexity index is 526. The SMILES string of the molecule is O=C1CCCC(=O)N1c1cc(C(F)(F)F)ccc1Br. The molecular formula is C12H9BrF3NO2. The molecule has 0 saturated carbocycles. The number of alkyl halides is 3. The average Bonchev–Trinajstić information content (AvgIpc) is 2.29. The Hall–Kier alpha value is -1.37. The van der Waals surface area contributed by atoms with Crippen LogP contribution in [-0.2, 0) is 15.8 Å². The topological polar surface area (TPSA) is 37.4 Å². The second kappa shape index (κ2) is 4.96. The summed E-state index contributed by atoms with van der Waals surface area (Å²) in [5.41, 5.74) is -0.943. The van der Waals surface area contributed by atoms with Crippen LogP contribution in [0.5, 0.6) is 0 Å². The van der Waals surface area contributed by atoms with E-state index in [1.807, 2.05) is 0 Å². The maximum Gasteiger partial charge on any atom is 0.416 e. The van der Waals surface area contributed by atoms with Crippen molar-refractivity contribution in [1.29, 1.82) is 0 Å². The second-order valence-corrected chi connectivity index (χ2v) is 4.99. The first-order valence-electron chi connectivity index (χ1n) is 5.53. The summed E-state index contributed by atoms with van der Waals surface area (Å²) in [5.74, 6) is -0.951. The fraction of sp³-hybridized carbons (Fsp3) is 0.333. The molecule has 0 atom stereocenters. The smallest absolute Gasteiger partial charge is 0.274 e. The van der Waals surface area contributed by atoms with Gasteiger partial charge in [0.2, 0.25) is 11.8 Å². The number of hydrogen-bond donors (Lipinski definition) is 0. The number of hydrogen-bond acceptors (Lipinski definition) is 2. The van der Waals surface area contributed by atoms with Gasteiger partial charge in [-0.25, -0.2) is 4.90 Å². The number of carbonyl (C=O) groups is 2. The molecule has 1 saturated heterocycles. The van der Waals surface area contributed by atoms with Crippen molar-refractivity contribution >= 4 is 33.4 Å². The molecule has 1 aliphatic heterocycles. The van der Waals surface area contributed by atoms with Crippen molar-refractivity contribution in [3.05, 3.63) is 28.2 Å². The van der Waals surface area contributed by atoms with Gasteiger partial charge in [0.1, 0.15) is 0 Å². The Kier molecular flexibility index (Phi) is 3.66. The van der Waals surface area contributed by atoms with Crippen LogP contribution < -0.4 is 4.90 Å². The summed E-state index contributed by atoms with van der Waals surface area (Å²) in [6, 6.07) is 2.89. The largest absolute Gasteiger partial charge is 0.416 e. The number of halogens is 4. The highest BCUT2D eigenvalue weighted by molar-refractivity contribution is 9.10. The molecule has 19 heavy (non-hydrogen) atoms. The van der Waals surface area contributed by atoms with Crippen LogP contribution in [0.3, 0.4) is 0 Å². The first-order chi connectivity index (χ1) is 8.80. The van der Waals surface area contributed by atoms with Crippen LogP contribution in [0, 0.1) is 0 Å². The zero-order valence-corrected chi connectivity index (χ0v) is 11.2. The van der Waals surface area contributed by atoms with Crippen molar-refractivity contribution in [1.82, 2.24) is 0 Å². The number of carbonyl (C=O) groups excluding carboxylic acids is 2. The zero-order valence-electron chi connectivity index (χ0n) is 9.63. The molecule has 0 unspecified atom stereocenters. The molecule has 102 valence electrons. The van der Waals surface area contributed by atoms with Crippen molar-refractivity contribution < 1.29 is 22.8 Å². The van der Waals surface area contributed by atoms with Gasteiger partial charge in [-0.3, -0.25) is 9.59 Å². The van der Waals surface area contributed by atoms with Crippen LogP contribution in [0.4, 0.5) is 18.9 Å². The van der Waals surface area contributed by atoms with E-state index in [1.54, 1.807) is 0 Å². The third kappa shape index (κ3) is 2.80. The molecule has 0 bridgehead atoms. The van der Waals surface area contributed by atoms with Gasteiger partial charge in [-0.2, -0.15) is 13.2 Å². The van der Waals surface area contributed by atoms with Gasteiger partial charge in [0.15, 0.2) is 0 Å². The Morgan fingerprint density at radius 3 is 2.21 bits per heavy atom. The Labute approximate surface area is 115 Å². The number of nitrogens with zero attached hydrogens (tertiary/aromatic N) is 1. The maximum absolute atomic E-state index is 12.7. The fourth-order valence-electron chi connectivity index (χ4n) is 1.88. The van der Waals surface area contributed by atoms with Gasteiger partial charge in [0, 0.05) is 17.3 Å². The van der Waals surface area contributed by atoms with Gasteiger partial charge in [-0.05, 0) is 40.5 Å². The van der Waals surface area contributed by atoms with Crippen LogP contribution in [0.1, 0.15) is 24.8 Å². The average molecular weight is 336 g/mol. The first kappa shape index (κ1) is 14.0. The summed E-state index contributed by atoms with van der Waals surface area (Å²) in [4.78, 5) is 24.3. The van der Waals surface area contributed by atoms with E-state index >= 15 is 0 Å². The number of amides is 2. The number of rotatable bonds is 1. The molecule has 3 nitrogen and oxygen atoms in total. The number of piperidine rings is 1. The minimum atomic E-state index is -4.52. The van der Waals surface area contributed by atoms with E-state index in [1.165, 1.54) is 6.07 Å². The molecule has 2 amide bonds. The van der Waals surface area contributed by atoms with Gasteiger partial charge in [0.25, 0.3) is 0 Å². The molecule has 0 N–H and O–H groups in total. The standard InChI is InChI=1S/C12H9BrF3NO2/c13-8-5-4-7(12(14,15)16)6-9(8)17-10(18)2-1-3-11(17)19/h4-6H,1-3H2. The molecular weight excluding hydrogens is 327 g/mol. The van der Waals surface area contributed by atoms with Gasteiger partial charge in [-0.15, -0.1) is 0 Å². The number of anilines is 1. The van der Waals surface area contributed by atoms with Crippen LogP contribution in [0.2, 0.25) is 0 Å². The highest BCUT2D eigenvalue weighted by atomic mass is 79.9. The zero-order chi connectivity index (χ0) is 14.2. The minimum Gasteiger partial charge on any atom is -0.274 e. The van der Waals surface area contributed by atoms with Crippen molar-refractivity contribution in [2.45, 2.75) is 25.4 Å². The van der Waals surface area contributed by atoms with Gasteiger partial charge in [0.05, 0.1) is 11.3 Å². The summed E-state index contributed by atoms with van der Waals surface area (Å²) in [6.45, 7) is 0. The van der Waals surface area contributed by atoms with E-state index in [2.05, 4.69) is 15.9 Å². The van der Waals surface area contributed by atoms with Crippen LogP contribution in [0.15, 0.2) is 22.7 Å². The molecule has 1 aromatic carbocycles. The summed E-state index contributed by atoms with van der Waals surface area (Å²) in [6.07, 6.45) is -3.76. The molecule has 1 aliphatic rings. The molecule has 0 radical (unpaired) electrons.